The Morgan fingerprint density at radius 2 is 1.82 bits per heavy atom. The molecule has 4 rings (SSSR count). The van der Waals surface area contributed by atoms with E-state index in [1.807, 2.05) is 55.5 Å². The van der Waals surface area contributed by atoms with Gasteiger partial charge in [0.15, 0.2) is 5.78 Å². The quantitative estimate of drug-likeness (QED) is 0.531. The summed E-state index contributed by atoms with van der Waals surface area (Å²) in [6.45, 7) is 2.02. The molecule has 0 aliphatic heterocycles. The number of aryl methyl sites for hydroxylation is 1. The monoisotopic (exact) mass is 370 g/mol. The highest BCUT2D eigenvalue weighted by atomic mass is 16.5. The number of aromatic nitrogens is 3. The first-order chi connectivity index (χ1) is 13.6. The van der Waals surface area contributed by atoms with Crippen molar-refractivity contribution in [3.05, 3.63) is 83.6 Å². The minimum atomic E-state index is 0.0512. The molecular weight excluding hydrogens is 352 g/mol. The molecule has 4 aromatic rings. The van der Waals surface area contributed by atoms with E-state index >= 15 is 0 Å². The molecule has 2 aromatic heterocycles. The van der Waals surface area contributed by atoms with Gasteiger partial charge in [-0.15, -0.1) is 0 Å². The van der Waals surface area contributed by atoms with Gasteiger partial charge in [0.25, 0.3) is 0 Å². The van der Waals surface area contributed by atoms with Gasteiger partial charge in [-0.1, -0.05) is 42.0 Å². The van der Waals surface area contributed by atoms with Gasteiger partial charge in [-0.3, -0.25) is 4.79 Å². The maximum Gasteiger partial charge on any atom is 0.226 e. The number of carbonyl (C=O) groups excluding carboxylic acids is 1. The van der Waals surface area contributed by atoms with Crippen molar-refractivity contribution in [1.82, 2.24) is 15.0 Å². The number of nitrogen functional groups attached to an aromatic ring is 1. The van der Waals surface area contributed by atoms with Crippen LogP contribution >= 0.6 is 0 Å². The second-order valence-electron chi connectivity index (χ2n) is 6.47. The summed E-state index contributed by atoms with van der Waals surface area (Å²) in [6.07, 6.45) is 1.86. The molecule has 0 bridgehead atoms. The average Bonchev–Trinajstić information content (AvgIpc) is 2.67. The van der Waals surface area contributed by atoms with Crippen LogP contribution in [0.3, 0.4) is 0 Å². The summed E-state index contributed by atoms with van der Waals surface area (Å²) in [5.41, 5.74) is 9.02. The second-order valence-corrected chi connectivity index (χ2v) is 6.47. The Bertz CT molecular complexity index is 1170. The first-order valence-electron chi connectivity index (χ1n) is 8.83. The van der Waals surface area contributed by atoms with Gasteiger partial charge in [0.2, 0.25) is 17.7 Å². The van der Waals surface area contributed by atoms with Crippen molar-refractivity contribution in [3.8, 4) is 11.8 Å². The third-order valence-electron chi connectivity index (χ3n) is 4.31. The van der Waals surface area contributed by atoms with Crippen molar-refractivity contribution in [1.29, 1.82) is 0 Å². The maximum atomic E-state index is 12.9. The van der Waals surface area contributed by atoms with Gasteiger partial charge in [-0.2, -0.15) is 4.98 Å². The molecule has 0 spiro atoms. The minimum absolute atomic E-state index is 0.0512. The zero-order valence-electron chi connectivity index (χ0n) is 15.3. The summed E-state index contributed by atoms with van der Waals surface area (Å²) < 4.78 is 5.65. The second kappa shape index (κ2) is 7.44. The van der Waals surface area contributed by atoms with Crippen LogP contribution in [0, 0.1) is 6.92 Å². The molecule has 6 nitrogen and oxygen atoms in total. The van der Waals surface area contributed by atoms with Gasteiger partial charge in [0.1, 0.15) is 0 Å². The molecule has 0 aliphatic carbocycles. The SMILES string of the molecule is Cc1cccc(CC(=O)c2cccc3nc(Oc4ccnc(N)n4)ccc23)c1. The zero-order chi connectivity index (χ0) is 19.5. The lowest BCUT2D eigenvalue weighted by molar-refractivity contribution is 0.0994. The lowest BCUT2D eigenvalue weighted by Gasteiger charge is -2.08. The van der Waals surface area contributed by atoms with Gasteiger partial charge in [0, 0.05) is 35.7 Å². The Kier molecular flexibility index (Phi) is 4.68. The van der Waals surface area contributed by atoms with E-state index in [-0.39, 0.29) is 11.7 Å². The number of pyridine rings is 1. The molecule has 138 valence electrons. The number of anilines is 1. The number of hydrogen-bond donors (Lipinski definition) is 1. The number of nitrogens with two attached hydrogens (primary N) is 1. The number of ketones is 1. The highest BCUT2D eigenvalue weighted by Crippen LogP contribution is 2.24. The van der Waals surface area contributed by atoms with Crippen LogP contribution in [0.5, 0.6) is 11.8 Å². The summed E-state index contributed by atoms with van der Waals surface area (Å²) in [6, 6.07) is 18.6. The lowest BCUT2D eigenvalue weighted by atomic mass is 9.98. The molecule has 0 aliphatic rings. The van der Waals surface area contributed by atoms with Crippen LogP contribution in [0.4, 0.5) is 5.95 Å². The molecule has 2 N–H and O–H groups in total. The summed E-state index contributed by atoms with van der Waals surface area (Å²) >= 11 is 0. The number of nitrogens with zero attached hydrogens (tertiary/aromatic N) is 3. The van der Waals surface area contributed by atoms with Crippen molar-refractivity contribution in [3.63, 3.8) is 0 Å². The molecular formula is C22H18N4O2. The fraction of sp³-hybridized carbons (Fsp3) is 0.0909. The molecule has 0 radical (unpaired) electrons. The number of carbonyl (C=O) groups is 1. The molecule has 0 saturated carbocycles. The summed E-state index contributed by atoms with van der Waals surface area (Å²) in [4.78, 5) is 25.2. The Balaban J connectivity index is 1.62. The zero-order valence-corrected chi connectivity index (χ0v) is 15.3. The molecule has 28 heavy (non-hydrogen) atoms. The van der Waals surface area contributed by atoms with Crippen LogP contribution in [-0.4, -0.2) is 20.7 Å². The largest absolute Gasteiger partial charge is 0.421 e. The van der Waals surface area contributed by atoms with Gasteiger partial charge in [0.05, 0.1) is 5.52 Å². The standard InChI is InChI=1S/C22H18N4O2/c1-14-4-2-5-15(12-14)13-19(27)17-6-3-7-18-16(17)8-9-20(25-18)28-21-10-11-24-22(23)26-21/h2-12H,13H2,1H3,(H2,23,24,26). The minimum Gasteiger partial charge on any atom is -0.421 e. The first kappa shape index (κ1) is 17.6. The third-order valence-corrected chi connectivity index (χ3v) is 4.31. The van der Waals surface area contributed by atoms with E-state index in [0.29, 0.717) is 29.3 Å². The van der Waals surface area contributed by atoms with Gasteiger partial charge in [-0.25, -0.2) is 9.97 Å². The van der Waals surface area contributed by atoms with E-state index in [1.165, 1.54) is 6.20 Å². The predicted molar refractivity (Wildman–Crippen MR) is 107 cm³/mol. The number of hydrogen-bond acceptors (Lipinski definition) is 6. The normalized spacial score (nSPS) is 10.8. The first-order valence-corrected chi connectivity index (χ1v) is 8.83. The summed E-state index contributed by atoms with van der Waals surface area (Å²) in [5.74, 6) is 0.859. The summed E-state index contributed by atoms with van der Waals surface area (Å²) in [5, 5.41) is 0.787. The van der Waals surface area contributed by atoms with Crippen LogP contribution in [-0.2, 0) is 6.42 Å². The molecule has 0 amide bonds. The molecule has 0 saturated heterocycles. The van der Waals surface area contributed by atoms with Gasteiger partial charge >= 0.3 is 0 Å². The van der Waals surface area contributed by atoms with Crippen molar-refractivity contribution in [2.24, 2.45) is 0 Å². The van der Waals surface area contributed by atoms with Crippen molar-refractivity contribution >= 4 is 22.6 Å². The number of benzene rings is 2. The van der Waals surface area contributed by atoms with E-state index in [4.69, 9.17) is 10.5 Å². The van der Waals surface area contributed by atoms with Crippen molar-refractivity contribution in [2.75, 3.05) is 5.73 Å². The Morgan fingerprint density at radius 3 is 2.64 bits per heavy atom. The van der Waals surface area contributed by atoms with Crippen LogP contribution in [0.25, 0.3) is 10.9 Å². The average molecular weight is 370 g/mol. The Morgan fingerprint density at radius 1 is 1.00 bits per heavy atom. The summed E-state index contributed by atoms with van der Waals surface area (Å²) in [7, 11) is 0. The molecule has 0 atom stereocenters. The number of rotatable bonds is 5. The van der Waals surface area contributed by atoms with Crippen LogP contribution < -0.4 is 10.5 Å². The van der Waals surface area contributed by atoms with E-state index in [0.717, 1.165) is 16.5 Å². The molecule has 0 unspecified atom stereocenters. The van der Waals surface area contributed by atoms with E-state index in [1.54, 1.807) is 12.1 Å². The Labute approximate surface area is 162 Å². The third kappa shape index (κ3) is 3.81. The van der Waals surface area contributed by atoms with Crippen LogP contribution in [0.1, 0.15) is 21.5 Å². The predicted octanol–water partition coefficient (Wildman–Crippen LogP) is 4.13. The van der Waals surface area contributed by atoms with Gasteiger partial charge in [-0.05, 0) is 24.6 Å². The molecule has 2 aromatic carbocycles. The van der Waals surface area contributed by atoms with E-state index in [9.17, 15) is 4.79 Å². The molecule has 0 fully saturated rings. The highest BCUT2D eigenvalue weighted by molar-refractivity contribution is 6.08. The smallest absolute Gasteiger partial charge is 0.226 e. The fourth-order valence-electron chi connectivity index (χ4n) is 3.06. The van der Waals surface area contributed by atoms with Crippen molar-refractivity contribution in [2.45, 2.75) is 13.3 Å². The topological polar surface area (TPSA) is 91.0 Å². The Hall–Kier alpha value is -3.80. The van der Waals surface area contributed by atoms with Crippen molar-refractivity contribution < 1.29 is 9.53 Å². The molecule has 2 heterocycles. The number of fused-ring (bicyclic) bond motifs is 1. The number of ether oxygens (including phenoxy) is 1. The maximum absolute atomic E-state index is 12.9. The lowest BCUT2D eigenvalue weighted by Crippen LogP contribution is -2.05. The fourth-order valence-corrected chi connectivity index (χ4v) is 3.06. The highest BCUT2D eigenvalue weighted by Gasteiger charge is 2.13. The van der Waals surface area contributed by atoms with E-state index in [2.05, 4.69) is 15.0 Å². The van der Waals surface area contributed by atoms with Crippen LogP contribution in [0.2, 0.25) is 0 Å². The van der Waals surface area contributed by atoms with E-state index < -0.39 is 0 Å². The molecule has 6 heteroatoms. The van der Waals surface area contributed by atoms with Crippen LogP contribution in [0.15, 0.2) is 66.9 Å². The number of Topliss-reactive ketones (excluding diaryl/α,β-unsaturated/α-hetero) is 1. The van der Waals surface area contributed by atoms with Gasteiger partial charge < -0.3 is 10.5 Å².